The van der Waals surface area contributed by atoms with Gasteiger partial charge in [0.25, 0.3) is 5.91 Å². The number of anilines is 1. The highest BCUT2D eigenvalue weighted by molar-refractivity contribution is 7.89. The van der Waals surface area contributed by atoms with Crippen molar-refractivity contribution in [2.75, 3.05) is 18.5 Å². The predicted molar refractivity (Wildman–Crippen MR) is 114 cm³/mol. The maximum Gasteiger partial charge on any atom is 0.402 e. The Kier molecular flexibility index (Phi) is 7.16. The Morgan fingerprint density at radius 1 is 0.875 bits per heavy atom. The number of nitrogens with one attached hydrogen (secondary N) is 2. The highest BCUT2D eigenvalue weighted by Crippen LogP contribution is 2.29. The van der Waals surface area contributed by atoms with E-state index in [0.717, 1.165) is 23.3 Å². The molecule has 0 aliphatic heterocycles. The van der Waals surface area contributed by atoms with Gasteiger partial charge < -0.3 is 10.1 Å². The first-order valence-electron chi connectivity index (χ1n) is 9.38. The summed E-state index contributed by atoms with van der Waals surface area (Å²) >= 11 is 0. The molecule has 0 fully saturated rings. The maximum absolute atomic E-state index is 12.2. The fourth-order valence-corrected chi connectivity index (χ4v) is 3.78. The Labute approximate surface area is 183 Å². The molecular formula is C22H19F3N2O4S. The van der Waals surface area contributed by atoms with E-state index in [-0.39, 0.29) is 17.2 Å². The summed E-state index contributed by atoms with van der Waals surface area (Å²) in [6.45, 7) is -1.97. The van der Waals surface area contributed by atoms with Crippen molar-refractivity contribution >= 4 is 21.6 Å². The van der Waals surface area contributed by atoms with E-state index in [4.69, 9.17) is 4.74 Å². The SMILES string of the molecule is O=C(COc1ccccc1-c1ccccc1)Nc1ccc(S(=O)(=O)NCC(F)(F)F)cc1. The van der Waals surface area contributed by atoms with E-state index < -0.39 is 28.7 Å². The average Bonchev–Trinajstić information content (AvgIpc) is 2.77. The number of carbonyl (C=O) groups is 1. The number of hydrogen-bond acceptors (Lipinski definition) is 4. The first-order valence-corrected chi connectivity index (χ1v) is 10.9. The van der Waals surface area contributed by atoms with Crippen molar-refractivity contribution < 1.29 is 31.1 Å². The lowest BCUT2D eigenvalue weighted by molar-refractivity contribution is -0.121. The smallest absolute Gasteiger partial charge is 0.402 e. The summed E-state index contributed by atoms with van der Waals surface area (Å²) in [4.78, 5) is 11.9. The van der Waals surface area contributed by atoms with Crippen molar-refractivity contribution in [1.82, 2.24) is 4.72 Å². The summed E-state index contributed by atoms with van der Waals surface area (Å²) in [5.41, 5.74) is 2.02. The quantitative estimate of drug-likeness (QED) is 0.523. The monoisotopic (exact) mass is 464 g/mol. The van der Waals surface area contributed by atoms with Crippen LogP contribution < -0.4 is 14.8 Å². The lowest BCUT2D eigenvalue weighted by Gasteiger charge is -2.12. The van der Waals surface area contributed by atoms with Crippen LogP contribution in [0.2, 0.25) is 0 Å². The molecule has 2 N–H and O–H groups in total. The molecule has 168 valence electrons. The zero-order chi connectivity index (χ0) is 23.2. The number of hydrogen-bond donors (Lipinski definition) is 2. The minimum atomic E-state index is -4.67. The van der Waals surface area contributed by atoms with Crippen molar-refractivity contribution in [3.8, 4) is 16.9 Å². The predicted octanol–water partition coefficient (Wildman–Crippen LogP) is 4.21. The summed E-state index contributed by atoms with van der Waals surface area (Å²) in [6.07, 6.45) is -4.67. The van der Waals surface area contributed by atoms with E-state index in [1.807, 2.05) is 42.5 Å². The summed E-state index contributed by atoms with van der Waals surface area (Å²) in [5, 5.41) is 2.55. The molecule has 6 nitrogen and oxygen atoms in total. The summed E-state index contributed by atoms with van der Waals surface area (Å²) < 4.78 is 67.6. The summed E-state index contributed by atoms with van der Waals surface area (Å²) in [6, 6.07) is 21.5. The number of rotatable bonds is 8. The molecule has 0 unspecified atom stereocenters. The largest absolute Gasteiger partial charge is 0.483 e. The fraction of sp³-hybridized carbons (Fsp3) is 0.136. The van der Waals surface area contributed by atoms with Gasteiger partial charge in [-0.2, -0.15) is 13.2 Å². The van der Waals surface area contributed by atoms with Gasteiger partial charge in [0.05, 0.1) is 4.90 Å². The van der Waals surface area contributed by atoms with Crippen LogP contribution in [0.15, 0.2) is 83.8 Å². The molecule has 0 atom stereocenters. The van der Waals surface area contributed by atoms with Crippen LogP contribution in [-0.2, 0) is 14.8 Å². The van der Waals surface area contributed by atoms with Gasteiger partial charge in [0, 0.05) is 11.3 Å². The molecule has 3 aromatic carbocycles. The Morgan fingerprint density at radius 2 is 1.50 bits per heavy atom. The Morgan fingerprint density at radius 3 is 2.16 bits per heavy atom. The van der Waals surface area contributed by atoms with Crippen LogP contribution in [0, 0.1) is 0 Å². The zero-order valence-corrected chi connectivity index (χ0v) is 17.4. The second-order valence-electron chi connectivity index (χ2n) is 6.66. The number of amides is 1. The van der Waals surface area contributed by atoms with Gasteiger partial charge in [-0.25, -0.2) is 13.1 Å². The topological polar surface area (TPSA) is 84.5 Å². The van der Waals surface area contributed by atoms with Gasteiger partial charge in [-0.3, -0.25) is 4.79 Å². The van der Waals surface area contributed by atoms with Crippen molar-refractivity contribution in [3.63, 3.8) is 0 Å². The van der Waals surface area contributed by atoms with E-state index in [2.05, 4.69) is 5.32 Å². The molecule has 0 aliphatic rings. The number of para-hydroxylation sites is 1. The van der Waals surface area contributed by atoms with E-state index in [0.29, 0.717) is 5.75 Å². The van der Waals surface area contributed by atoms with Crippen LogP contribution >= 0.6 is 0 Å². The minimum absolute atomic E-state index is 0.268. The lowest BCUT2D eigenvalue weighted by atomic mass is 10.1. The van der Waals surface area contributed by atoms with Crippen molar-refractivity contribution in [1.29, 1.82) is 0 Å². The van der Waals surface area contributed by atoms with Gasteiger partial charge in [0.15, 0.2) is 6.61 Å². The molecule has 1 amide bonds. The minimum Gasteiger partial charge on any atom is -0.483 e. The number of carbonyl (C=O) groups excluding carboxylic acids is 1. The van der Waals surface area contributed by atoms with Gasteiger partial charge in [-0.15, -0.1) is 0 Å². The van der Waals surface area contributed by atoms with Gasteiger partial charge in [0.2, 0.25) is 10.0 Å². The van der Waals surface area contributed by atoms with E-state index in [1.54, 1.807) is 12.1 Å². The Hall–Kier alpha value is -3.37. The van der Waals surface area contributed by atoms with Crippen LogP contribution in [0.5, 0.6) is 5.75 Å². The van der Waals surface area contributed by atoms with Crippen LogP contribution in [0.4, 0.5) is 18.9 Å². The highest BCUT2D eigenvalue weighted by Gasteiger charge is 2.30. The second kappa shape index (κ2) is 9.84. The fourth-order valence-electron chi connectivity index (χ4n) is 2.77. The number of benzene rings is 3. The van der Waals surface area contributed by atoms with Crippen LogP contribution in [-0.4, -0.2) is 33.7 Å². The molecule has 0 spiro atoms. The third-order valence-corrected chi connectivity index (χ3v) is 5.66. The zero-order valence-electron chi connectivity index (χ0n) is 16.6. The van der Waals surface area contributed by atoms with Crippen LogP contribution in [0.3, 0.4) is 0 Å². The van der Waals surface area contributed by atoms with E-state index in [1.165, 1.54) is 16.9 Å². The van der Waals surface area contributed by atoms with Crippen molar-refractivity contribution in [2.24, 2.45) is 0 Å². The lowest BCUT2D eigenvalue weighted by Crippen LogP contribution is -2.33. The molecular weight excluding hydrogens is 445 g/mol. The molecule has 32 heavy (non-hydrogen) atoms. The third kappa shape index (κ3) is 6.56. The van der Waals surface area contributed by atoms with Gasteiger partial charge in [0.1, 0.15) is 12.3 Å². The number of halogens is 3. The van der Waals surface area contributed by atoms with Crippen LogP contribution in [0.1, 0.15) is 0 Å². The van der Waals surface area contributed by atoms with Gasteiger partial charge in [-0.1, -0.05) is 48.5 Å². The first kappa shape index (κ1) is 23.3. The van der Waals surface area contributed by atoms with E-state index in [9.17, 15) is 26.4 Å². The molecule has 3 aromatic rings. The molecule has 0 bridgehead atoms. The standard InChI is InChI=1S/C22H19F3N2O4S/c23-22(24,25)15-26-32(29,30)18-12-10-17(11-13-18)27-21(28)14-31-20-9-5-4-8-19(20)16-6-2-1-3-7-16/h1-13,26H,14-15H2,(H,27,28). The molecule has 0 saturated heterocycles. The second-order valence-corrected chi connectivity index (χ2v) is 8.43. The molecule has 0 aliphatic carbocycles. The normalized spacial score (nSPS) is 11.7. The van der Waals surface area contributed by atoms with E-state index >= 15 is 0 Å². The van der Waals surface area contributed by atoms with Gasteiger partial charge >= 0.3 is 6.18 Å². The molecule has 0 aromatic heterocycles. The number of alkyl halides is 3. The molecule has 10 heteroatoms. The van der Waals surface area contributed by atoms with Crippen molar-refractivity contribution in [2.45, 2.75) is 11.1 Å². The molecule has 0 radical (unpaired) electrons. The number of ether oxygens (including phenoxy) is 1. The molecule has 3 rings (SSSR count). The van der Waals surface area contributed by atoms with Crippen LogP contribution in [0.25, 0.3) is 11.1 Å². The maximum atomic E-state index is 12.2. The summed E-state index contributed by atoms with van der Waals surface area (Å²) in [7, 11) is -4.32. The molecule has 0 saturated carbocycles. The Bertz CT molecular complexity index is 1170. The first-order chi connectivity index (χ1) is 15.1. The average molecular weight is 464 g/mol. The van der Waals surface area contributed by atoms with Crippen molar-refractivity contribution in [3.05, 3.63) is 78.9 Å². The summed E-state index contributed by atoms with van der Waals surface area (Å²) in [5.74, 6) is 0.0321. The Balaban J connectivity index is 1.60. The molecule has 0 heterocycles. The van der Waals surface area contributed by atoms with Gasteiger partial charge in [-0.05, 0) is 35.9 Å². The highest BCUT2D eigenvalue weighted by atomic mass is 32.2. The third-order valence-electron chi connectivity index (χ3n) is 4.24. The number of sulfonamides is 1.